The van der Waals surface area contributed by atoms with E-state index in [4.69, 9.17) is 4.42 Å². The highest BCUT2D eigenvalue weighted by Crippen LogP contribution is 2.40. The van der Waals surface area contributed by atoms with Gasteiger partial charge in [-0.2, -0.15) is 21.6 Å². The van der Waals surface area contributed by atoms with E-state index in [-0.39, 0.29) is 12.0 Å². The third kappa shape index (κ3) is 5.84. The Kier molecular flexibility index (Phi) is 7.40. The molecule has 0 radical (unpaired) electrons. The zero-order valence-electron chi connectivity index (χ0n) is 19.1. The van der Waals surface area contributed by atoms with Gasteiger partial charge in [0.2, 0.25) is 10.6 Å². The number of hydrogen-bond acceptors (Lipinski definition) is 7. The molecule has 0 bridgehead atoms. The molecule has 1 saturated heterocycles. The zero-order chi connectivity index (χ0) is 27.0. The SMILES string of the molecule is COC(=O)c1ccc(-c2ccc(CC3SC(S(=O)(=O)O)N(Cc4ccccc4C(F)(F)F)C3=O)o2)cc1. The molecule has 37 heavy (non-hydrogen) atoms. The van der Waals surface area contributed by atoms with E-state index in [9.17, 15) is 35.7 Å². The second-order valence-corrected chi connectivity index (χ2v) is 11.2. The molecule has 2 heterocycles. The molecule has 8 nitrogen and oxygen atoms in total. The first-order valence-electron chi connectivity index (χ1n) is 10.7. The predicted molar refractivity (Wildman–Crippen MR) is 128 cm³/mol. The molecule has 4 rings (SSSR count). The Morgan fingerprint density at radius 1 is 1.11 bits per heavy atom. The third-order valence-electron chi connectivity index (χ3n) is 5.65. The van der Waals surface area contributed by atoms with Gasteiger partial charge < -0.3 is 14.1 Å². The lowest BCUT2D eigenvalue weighted by atomic mass is 10.1. The van der Waals surface area contributed by atoms with E-state index < -0.39 is 50.2 Å². The van der Waals surface area contributed by atoms with Gasteiger partial charge >= 0.3 is 12.1 Å². The fourth-order valence-electron chi connectivity index (χ4n) is 3.91. The van der Waals surface area contributed by atoms with Gasteiger partial charge in [-0.1, -0.05) is 30.3 Å². The maximum atomic E-state index is 13.4. The lowest BCUT2D eigenvalue weighted by Crippen LogP contribution is -2.38. The summed E-state index contributed by atoms with van der Waals surface area (Å²) in [5.74, 6) is -0.502. The molecule has 3 aromatic rings. The number of halogens is 3. The molecule has 1 N–H and O–H groups in total. The van der Waals surface area contributed by atoms with Crippen molar-refractivity contribution >= 4 is 33.8 Å². The molecule has 1 fully saturated rings. The van der Waals surface area contributed by atoms with Crippen LogP contribution in [0.2, 0.25) is 0 Å². The molecule has 1 aliphatic rings. The number of hydrogen-bond donors (Lipinski definition) is 1. The van der Waals surface area contributed by atoms with Crippen LogP contribution in [0.25, 0.3) is 11.3 Å². The van der Waals surface area contributed by atoms with Crippen molar-refractivity contribution < 1.29 is 44.9 Å². The highest BCUT2D eigenvalue weighted by molar-refractivity contribution is 8.12. The van der Waals surface area contributed by atoms with Crippen molar-refractivity contribution in [2.45, 2.75) is 29.1 Å². The predicted octanol–water partition coefficient (Wildman–Crippen LogP) is 4.61. The lowest BCUT2D eigenvalue weighted by Gasteiger charge is -2.23. The van der Waals surface area contributed by atoms with Crippen LogP contribution in [0.4, 0.5) is 13.2 Å². The summed E-state index contributed by atoms with van der Waals surface area (Å²) in [6, 6.07) is 14.1. The number of methoxy groups -OCH3 is 1. The quantitative estimate of drug-likeness (QED) is 0.332. The number of nitrogens with zero attached hydrogens (tertiary/aromatic N) is 1. The van der Waals surface area contributed by atoms with Crippen molar-refractivity contribution in [1.29, 1.82) is 0 Å². The van der Waals surface area contributed by atoms with E-state index in [1.165, 1.54) is 19.2 Å². The number of carbonyl (C=O) groups excluding carboxylic acids is 2. The fourth-order valence-corrected chi connectivity index (χ4v) is 6.49. The molecule has 1 aromatic heterocycles. The largest absolute Gasteiger partial charge is 0.465 e. The van der Waals surface area contributed by atoms with Gasteiger partial charge in [-0.25, -0.2) is 4.79 Å². The van der Waals surface area contributed by atoms with Gasteiger partial charge in [0, 0.05) is 18.5 Å². The van der Waals surface area contributed by atoms with Crippen LogP contribution < -0.4 is 0 Å². The maximum absolute atomic E-state index is 13.4. The number of thioether (sulfide) groups is 1. The van der Waals surface area contributed by atoms with Crippen LogP contribution in [0.3, 0.4) is 0 Å². The molecule has 13 heteroatoms. The summed E-state index contributed by atoms with van der Waals surface area (Å²) in [6.07, 6.45) is -4.77. The summed E-state index contributed by atoms with van der Waals surface area (Å²) < 4.78 is 82.7. The minimum atomic E-state index is -4.81. The van der Waals surface area contributed by atoms with Gasteiger partial charge in [0.25, 0.3) is 10.1 Å². The summed E-state index contributed by atoms with van der Waals surface area (Å²) in [5.41, 5.74) is -0.326. The molecule has 1 amide bonds. The van der Waals surface area contributed by atoms with Gasteiger partial charge in [0.05, 0.1) is 23.5 Å². The summed E-state index contributed by atoms with van der Waals surface area (Å²) >= 11 is 0.620. The topological polar surface area (TPSA) is 114 Å². The van der Waals surface area contributed by atoms with E-state index in [0.29, 0.717) is 34.4 Å². The molecule has 1 aliphatic heterocycles. The smallest absolute Gasteiger partial charge is 0.416 e. The Hall–Kier alpha value is -3.29. The maximum Gasteiger partial charge on any atom is 0.416 e. The van der Waals surface area contributed by atoms with Crippen LogP contribution in [0, 0.1) is 0 Å². The number of benzene rings is 2. The van der Waals surface area contributed by atoms with E-state index in [2.05, 4.69) is 4.74 Å². The number of rotatable bonds is 7. The van der Waals surface area contributed by atoms with Gasteiger partial charge in [0.15, 0.2) is 0 Å². The van der Waals surface area contributed by atoms with E-state index in [1.54, 1.807) is 36.4 Å². The zero-order valence-corrected chi connectivity index (χ0v) is 20.8. The molecule has 0 spiro atoms. The Morgan fingerprint density at radius 3 is 2.41 bits per heavy atom. The molecular weight excluding hydrogens is 535 g/mol. The fraction of sp³-hybridized carbons (Fsp3) is 0.250. The second-order valence-electron chi connectivity index (χ2n) is 8.11. The summed E-state index contributed by atoms with van der Waals surface area (Å²) in [7, 11) is -3.55. The van der Waals surface area contributed by atoms with Crippen LogP contribution in [0.15, 0.2) is 65.1 Å². The Bertz CT molecular complexity index is 1420. The first-order chi connectivity index (χ1) is 17.4. The number of carbonyl (C=O) groups is 2. The van der Waals surface area contributed by atoms with Crippen LogP contribution in [-0.4, -0.2) is 46.8 Å². The van der Waals surface area contributed by atoms with Crippen molar-refractivity contribution in [1.82, 2.24) is 4.90 Å². The van der Waals surface area contributed by atoms with Gasteiger partial charge in [-0.3, -0.25) is 9.35 Å². The van der Waals surface area contributed by atoms with E-state index in [1.807, 2.05) is 0 Å². The van der Waals surface area contributed by atoms with Crippen LogP contribution in [0.1, 0.15) is 27.2 Å². The first kappa shape index (κ1) is 26.8. The van der Waals surface area contributed by atoms with Crippen LogP contribution in [0.5, 0.6) is 0 Å². The van der Waals surface area contributed by atoms with E-state index in [0.717, 1.165) is 17.0 Å². The van der Waals surface area contributed by atoms with Gasteiger partial charge in [0.1, 0.15) is 11.5 Å². The normalized spacial score (nSPS) is 18.3. The van der Waals surface area contributed by atoms with Crippen molar-refractivity contribution in [2.75, 3.05) is 7.11 Å². The van der Waals surface area contributed by atoms with Crippen LogP contribution in [-0.2, 0) is 38.8 Å². The molecule has 0 saturated carbocycles. The highest BCUT2D eigenvalue weighted by Gasteiger charge is 2.47. The molecule has 2 aromatic carbocycles. The first-order valence-corrected chi connectivity index (χ1v) is 13.2. The molecule has 196 valence electrons. The number of furan rings is 1. The lowest BCUT2D eigenvalue weighted by molar-refractivity contribution is -0.139. The highest BCUT2D eigenvalue weighted by atomic mass is 32.3. The van der Waals surface area contributed by atoms with E-state index >= 15 is 0 Å². The van der Waals surface area contributed by atoms with Gasteiger partial charge in [-0.05, 0) is 35.9 Å². The molecule has 0 aliphatic carbocycles. The van der Waals surface area contributed by atoms with Gasteiger partial charge in [-0.15, -0.1) is 11.8 Å². The Morgan fingerprint density at radius 2 is 1.78 bits per heavy atom. The standard InChI is InChI=1S/C24H20F3NO7S2/c1-34-22(30)15-8-6-14(7-9-15)19-11-10-17(35-19)12-20-21(29)28(23(36-20)37(31,32)33)13-16-4-2-3-5-18(16)24(25,26)27/h2-11,20,23H,12-13H2,1H3,(H,31,32,33). The average Bonchev–Trinajstić information content (AvgIpc) is 3.44. The minimum Gasteiger partial charge on any atom is -0.465 e. The third-order valence-corrected chi connectivity index (χ3v) is 8.66. The molecule has 2 unspecified atom stereocenters. The number of alkyl halides is 3. The second kappa shape index (κ2) is 10.2. The summed E-state index contributed by atoms with van der Waals surface area (Å²) in [5, 5.41) is -1.02. The van der Waals surface area contributed by atoms with Crippen LogP contribution >= 0.6 is 11.8 Å². The van der Waals surface area contributed by atoms with Crippen molar-refractivity contribution in [3.05, 3.63) is 83.1 Å². The number of esters is 1. The number of ether oxygens (including phenoxy) is 1. The number of amides is 1. The summed E-state index contributed by atoms with van der Waals surface area (Å²) in [6.45, 7) is -0.654. The van der Waals surface area contributed by atoms with Crippen molar-refractivity contribution in [2.24, 2.45) is 0 Å². The average molecular weight is 556 g/mol. The Balaban J connectivity index is 1.54. The monoisotopic (exact) mass is 555 g/mol. The minimum absolute atomic E-state index is 0.0623. The summed E-state index contributed by atoms with van der Waals surface area (Å²) in [4.78, 5) is 25.4. The van der Waals surface area contributed by atoms with Crippen molar-refractivity contribution in [3.63, 3.8) is 0 Å². The molecule has 2 atom stereocenters. The molecular formula is C24H20F3NO7S2. The Labute approximate surface area is 214 Å². The van der Waals surface area contributed by atoms with Crippen molar-refractivity contribution in [3.8, 4) is 11.3 Å².